The molecule has 0 saturated carbocycles. The number of likely N-dealkylation sites (N-methyl/N-ethyl adjacent to an activating group) is 2. The van der Waals surface area contributed by atoms with Crippen molar-refractivity contribution in [2.24, 2.45) is 0 Å². The number of rotatable bonds is 4. The molecule has 1 unspecified atom stereocenters. The summed E-state index contributed by atoms with van der Waals surface area (Å²) < 4.78 is 0. The number of aromatic nitrogens is 2. The van der Waals surface area contributed by atoms with Gasteiger partial charge in [0.15, 0.2) is 5.69 Å². The van der Waals surface area contributed by atoms with Crippen LogP contribution in [-0.2, 0) is 0 Å². The highest BCUT2D eigenvalue weighted by Crippen LogP contribution is 2.17. The smallest absolute Gasteiger partial charge is 0.354 e. The lowest BCUT2D eigenvalue weighted by Crippen LogP contribution is -2.37. The number of carboxylic acid groups (broad SMARTS) is 1. The van der Waals surface area contributed by atoms with Crippen LogP contribution in [-0.4, -0.2) is 59.2 Å². The van der Waals surface area contributed by atoms with Gasteiger partial charge in [-0.15, -0.1) is 0 Å². The molecule has 1 aromatic heterocycles. The molecule has 1 fully saturated rings. The molecule has 6 nitrogen and oxygen atoms in total. The quantitative estimate of drug-likeness (QED) is 0.848. The first kappa shape index (κ1) is 12.8. The van der Waals surface area contributed by atoms with E-state index >= 15 is 0 Å². The third-order valence-electron chi connectivity index (χ3n) is 3.36. The average Bonchev–Trinajstić information content (AvgIpc) is 2.75. The largest absolute Gasteiger partial charge is 0.477 e. The maximum absolute atomic E-state index is 10.9. The molecule has 18 heavy (non-hydrogen) atoms. The number of carbonyl (C=O) groups is 1. The van der Waals surface area contributed by atoms with Gasteiger partial charge in [-0.25, -0.2) is 14.8 Å². The SMILES string of the molecule is CN(CC1CCCN1C)c1nccc(C(=O)O)n1. The molecule has 0 bridgehead atoms. The van der Waals surface area contributed by atoms with Crippen molar-refractivity contribution >= 4 is 11.9 Å². The Kier molecular flexibility index (Phi) is 3.76. The van der Waals surface area contributed by atoms with Crippen molar-refractivity contribution in [1.82, 2.24) is 14.9 Å². The molecule has 0 aromatic carbocycles. The molecule has 1 aliphatic rings. The Morgan fingerprint density at radius 3 is 3.06 bits per heavy atom. The second kappa shape index (κ2) is 5.30. The van der Waals surface area contributed by atoms with Gasteiger partial charge in [-0.3, -0.25) is 0 Å². The van der Waals surface area contributed by atoms with E-state index in [0.29, 0.717) is 12.0 Å². The summed E-state index contributed by atoms with van der Waals surface area (Å²) in [5, 5.41) is 8.90. The molecule has 1 aliphatic heterocycles. The number of hydrogen-bond acceptors (Lipinski definition) is 5. The summed E-state index contributed by atoms with van der Waals surface area (Å²) >= 11 is 0. The summed E-state index contributed by atoms with van der Waals surface area (Å²) in [6.07, 6.45) is 3.87. The Bertz CT molecular complexity index is 438. The number of likely N-dealkylation sites (tertiary alicyclic amines) is 1. The topological polar surface area (TPSA) is 69.6 Å². The number of aromatic carboxylic acids is 1. The maximum atomic E-state index is 10.9. The van der Waals surface area contributed by atoms with Crippen LogP contribution < -0.4 is 4.90 Å². The predicted molar refractivity (Wildman–Crippen MR) is 67.9 cm³/mol. The van der Waals surface area contributed by atoms with Crippen LogP contribution >= 0.6 is 0 Å². The van der Waals surface area contributed by atoms with Gasteiger partial charge in [0.1, 0.15) is 0 Å². The molecule has 2 heterocycles. The second-order valence-electron chi connectivity index (χ2n) is 4.70. The molecule has 2 rings (SSSR count). The fraction of sp³-hybridized carbons (Fsp3) is 0.583. The molecule has 0 aliphatic carbocycles. The van der Waals surface area contributed by atoms with E-state index in [0.717, 1.165) is 13.1 Å². The monoisotopic (exact) mass is 250 g/mol. The minimum atomic E-state index is -1.02. The lowest BCUT2D eigenvalue weighted by molar-refractivity contribution is 0.0690. The molecule has 1 aromatic rings. The second-order valence-corrected chi connectivity index (χ2v) is 4.70. The van der Waals surface area contributed by atoms with Gasteiger partial charge in [-0.05, 0) is 32.5 Å². The standard InChI is InChI=1S/C12H18N4O2/c1-15-7-3-4-9(15)8-16(2)12-13-6-5-10(14-12)11(17)18/h5-6,9H,3-4,7-8H2,1-2H3,(H,17,18). The molecule has 98 valence electrons. The van der Waals surface area contributed by atoms with Crippen LogP contribution in [0.5, 0.6) is 0 Å². The Morgan fingerprint density at radius 1 is 1.67 bits per heavy atom. The summed E-state index contributed by atoms with van der Waals surface area (Å²) in [6.45, 7) is 1.94. The molecule has 1 N–H and O–H groups in total. The zero-order valence-electron chi connectivity index (χ0n) is 10.7. The van der Waals surface area contributed by atoms with Gasteiger partial charge in [0.25, 0.3) is 0 Å². The summed E-state index contributed by atoms with van der Waals surface area (Å²) in [7, 11) is 4.01. The van der Waals surface area contributed by atoms with Crippen molar-refractivity contribution in [3.05, 3.63) is 18.0 Å². The fourth-order valence-electron chi connectivity index (χ4n) is 2.26. The normalized spacial score (nSPS) is 20.0. The summed E-state index contributed by atoms with van der Waals surface area (Å²) in [4.78, 5) is 23.2. The molecule has 1 saturated heterocycles. The van der Waals surface area contributed by atoms with Crippen molar-refractivity contribution in [1.29, 1.82) is 0 Å². The van der Waals surface area contributed by atoms with Crippen molar-refractivity contribution < 1.29 is 9.90 Å². The third-order valence-corrected chi connectivity index (χ3v) is 3.36. The van der Waals surface area contributed by atoms with Crippen molar-refractivity contribution in [3.8, 4) is 0 Å². The first-order valence-electron chi connectivity index (χ1n) is 6.05. The van der Waals surface area contributed by atoms with Crippen molar-refractivity contribution in [2.45, 2.75) is 18.9 Å². The molecule has 0 radical (unpaired) electrons. The van der Waals surface area contributed by atoms with E-state index in [4.69, 9.17) is 5.11 Å². The van der Waals surface area contributed by atoms with E-state index in [1.54, 1.807) is 0 Å². The first-order valence-corrected chi connectivity index (χ1v) is 6.05. The zero-order chi connectivity index (χ0) is 13.1. The maximum Gasteiger partial charge on any atom is 0.354 e. The predicted octanol–water partition coefficient (Wildman–Crippen LogP) is 0.705. The van der Waals surface area contributed by atoms with E-state index in [9.17, 15) is 4.79 Å². The van der Waals surface area contributed by atoms with E-state index in [2.05, 4.69) is 21.9 Å². The van der Waals surface area contributed by atoms with E-state index in [-0.39, 0.29) is 5.69 Å². The molecule has 0 spiro atoms. The molecular formula is C12H18N4O2. The van der Waals surface area contributed by atoms with Gasteiger partial charge in [0.2, 0.25) is 5.95 Å². The van der Waals surface area contributed by atoms with Gasteiger partial charge in [0, 0.05) is 25.8 Å². The molecule has 0 amide bonds. The van der Waals surface area contributed by atoms with Crippen LogP contribution in [0.2, 0.25) is 0 Å². The number of carboxylic acids is 1. The van der Waals surface area contributed by atoms with E-state index in [1.165, 1.54) is 25.1 Å². The van der Waals surface area contributed by atoms with Crippen molar-refractivity contribution in [3.63, 3.8) is 0 Å². The minimum absolute atomic E-state index is 0.0339. The van der Waals surface area contributed by atoms with Gasteiger partial charge in [0.05, 0.1) is 0 Å². The van der Waals surface area contributed by atoms with Crippen molar-refractivity contribution in [2.75, 3.05) is 32.1 Å². The lowest BCUT2D eigenvalue weighted by Gasteiger charge is -2.25. The van der Waals surface area contributed by atoms with Gasteiger partial charge in [-0.2, -0.15) is 0 Å². The Hall–Kier alpha value is -1.69. The number of hydrogen-bond donors (Lipinski definition) is 1. The summed E-state index contributed by atoms with van der Waals surface area (Å²) in [6, 6.07) is 1.90. The van der Waals surface area contributed by atoms with Gasteiger partial charge in [-0.1, -0.05) is 0 Å². The Labute approximate surface area is 106 Å². The Balaban J connectivity index is 2.06. The lowest BCUT2D eigenvalue weighted by atomic mass is 10.2. The highest BCUT2D eigenvalue weighted by Gasteiger charge is 2.23. The number of nitrogens with zero attached hydrogens (tertiary/aromatic N) is 4. The van der Waals surface area contributed by atoms with Gasteiger partial charge < -0.3 is 14.9 Å². The van der Waals surface area contributed by atoms with Crippen LogP contribution in [0.1, 0.15) is 23.3 Å². The van der Waals surface area contributed by atoms with Crippen LogP contribution in [0.15, 0.2) is 12.3 Å². The highest BCUT2D eigenvalue weighted by atomic mass is 16.4. The number of anilines is 1. The van der Waals surface area contributed by atoms with Crippen LogP contribution in [0.4, 0.5) is 5.95 Å². The summed E-state index contributed by atoms with van der Waals surface area (Å²) in [5.74, 6) is -0.555. The fourth-order valence-corrected chi connectivity index (χ4v) is 2.26. The van der Waals surface area contributed by atoms with Crippen LogP contribution in [0.25, 0.3) is 0 Å². The average molecular weight is 250 g/mol. The van der Waals surface area contributed by atoms with Gasteiger partial charge >= 0.3 is 5.97 Å². The molecule has 6 heteroatoms. The minimum Gasteiger partial charge on any atom is -0.477 e. The first-order chi connectivity index (χ1) is 8.58. The molecular weight excluding hydrogens is 232 g/mol. The van der Waals surface area contributed by atoms with Crippen LogP contribution in [0.3, 0.4) is 0 Å². The van der Waals surface area contributed by atoms with E-state index < -0.39 is 5.97 Å². The summed E-state index contributed by atoms with van der Waals surface area (Å²) in [5.41, 5.74) is 0.0339. The van der Waals surface area contributed by atoms with Crippen LogP contribution in [0, 0.1) is 0 Å². The third kappa shape index (κ3) is 2.76. The molecule has 1 atom stereocenters. The highest BCUT2D eigenvalue weighted by molar-refractivity contribution is 5.85. The zero-order valence-corrected chi connectivity index (χ0v) is 10.7. The Morgan fingerprint density at radius 2 is 2.44 bits per heavy atom. The van der Waals surface area contributed by atoms with E-state index in [1.807, 2.05) is 11.9 Å².